The van der Waals surface area contributed by atoms with Crippen molar-refractivity contribution in [2.75, 3.05) is 20.2 Å². The summed E-state index contributed by atoms with van der Waals surface area (Å²) in [5, 5.41) is 2.83. The van der Waals surface area contributed by atoms with Crippen LogP contribution in [-0.2, 0) is 21.3 Å². The smallest absolute Gasteiger partial charge is 0.251 e. The average Bonchev–Trinajstić information content (AvgIpc) is 2.71. The number of carbonyl (C=O) groups is 1. The van der Waals surface area contributed by atoms with Gasteiger partial charge in [-0.1, -0.05) is 12.1 Å². The van der Waals surface area contributed by atoms with Crippen LogP contribution in [0.3, 0.4) is 0 Å². The summed E-state index contributed by atoms with van der Waals surface area (Å²) in [4.78, 5) is 12.5. The number of methoxy groups -OCH3 is 1. The zero-order valence-corrected chi connectivity index (χ0v) is 17.6. The monoisotopic (exact) mass is 418 g/mol. The van der Waals surface area contributed by atoms with E-state index in [0.717, 1.165) is 11.3 Å². The highest BCUT2D eigenvalue weighted by atomic mass is 32.2. The van der Waals surface area contributed by atoms with E-state index in [1.165, 1.54) is 28.6 Å². The van der Waals surface area contributed by atoms with Gasteiger partial charge in [-0.2, -0.15) is 4.31 Å². The molecule has 1 N–H and O–H groups in total. The number of morpholine rings is 1. The second-order valence-electron chi connectivity index (χ2n) is 7.13. The molecule has 1 heterocycles. The Morgan fingerprint density at radius 2 is 1.66 bits per heavy atom. The van der Waals surface area contributed by atoms with E-state index in [2.05, 4.69) is 5.32 Å². The second-order valence-corrected chi connectivity index (χ2v) is 9.07. The fourth-order valence-electron chi connectivity index (χ4n) is 3.28. The summed E-state index contributed by atoms with van der Waals surface area (Å²) in [5.41, 5.74) is 1.34. The first-order valence-corrected chi connectivity index (χ1v) is 10.9. The van der Waals surface area contributed by atoms with Crippen molar-refractivity contribution in [3.8, 4) is 5.75 Å². The van der Waals surface area contributed by atoms with Crippen LogP contribution in [0.25, 0.3) is 0 Å². The highest BCUT2D eigenvalue weighted by molar-refractivity contribution is 7.89. The molecule has 1 aliphatic heterocycles. The van der Waals surface area contributed by atoms with Gasteiger partial charge in [0.1, 0.15) is 5.75 Å². The highest BCUT2D eigenvalue weighted by Gasteiger charge is 2.32. The molecule has 0 unspecified atom stereocenters. The minimum absolute atomic E-state index is 0.156. The van der Waals surface area contributed by atoms with Gasteiger partial charge in [-0.15, -0.1) is 0 Å². The molecule has 3 rings (SSSR count). The lowest BCUT2D eigenvalue weighted by atomic mass is 10.2. The molecule has 1 fully saturated rings. The molecule has 156 valence electrons. The largest absolute Gasteiger partial charge is 0.497 e. The molecule has 1 saturated heterocycles. The number of ether oxygens (including phenoxy) is 2. The maximum Gasteiger partial charge on any atom is 0.251 e. The van der Waals surface area contributed by atoms with Gasteiger partial charge in [0.05, 0.1) is 24.2 Å². The van der Waals surface area contributed by atoms with E-state index in [9.17, 15) is 13.2 Å². The topological polar surface area (TPSA) is 84.9 Å². The number of hydrogen-bond acceptors (Lipinski definition) is 5. The molecule has 2 aromatic carbocycles. The Bertz CT molecular complexity index is 932. The standard InChI is InChI=1S/C21H26N2O5S/c1-15-13-23(14-16(2)28-15)29(25,26)20-10-6-18(7-11-20)21(24)22-12-17-4-8-19(27-3)9-5-17/h4-11,15-16H,12-14H2,1-3H3,(H,22,24)/t15-,16-/m1/s1. The maximum absolute atomic E-state index is 12.9. The first-order valence-electron chi connectivity index (χ1n) is 9.46. The van der Waals surface area contributed by atoms with E-state index >= 15 is 0 Å². The van der Waals surface area contributed by atoms with Crippen molar-refractivity contribution < 1.29 is 22.7 Å². The molecule has 0 radical (unpaired) electrons. The number of hydrogen-bond donors (Lipinski definition) is 1. The van der Waals surface area contributed by atoms with Crippen LogP contribution in [-0.4, -0.2) is 51.0 Å². The van der Waals surface area contributed by atoms with Crippen molar-refractivity contribution in [2.24, 2.45) is 0 Å². The molecular formula is C21H26N2O5S. The number of nitrogens with one attached hydrogen (secondary N) is 1. The van der Waals surface area contributed by atoms with Crippen LogP contribution in [0.5, 0.6) is 5.75 Å². The number of sulfonamides is 1. The van der Waals surface area contributed by atoms with E-state index < -0.39 is 10.0 Å². The zero-order valence-electron chi connectivity index (χ0n) is 16.8. The lowest BCUT2D eigenvalue weighted by molar-refractivity contribution is -0.0440. The molecule has 2 atom stereocenters. The number of benzene rings is 2. The normalized spacial score (nSPS) is 20.2. The summed E-state index contributed by atoms with van der Waals surface area (Å²) in [7, 11) is -2.02. The van der Waals surface area contributed by atoms with Gasteiger partial charge >= 0.3 is 0 Å². The SMILES string of the molecule is COc1ccc(CNC(=O)c2ccc(S(=O)(=O)N3C[C@@H](C)O[C@H](C)C3)cc2)cc1. The molecular weight excluding hydrogens is 392 g/mol. The Balaban J connectivity index is 1.64. The predicted molar refractivity (Wildman–Crippen MR) is 109 cm³/mol. The Labute approximate surface area is 171 Å². The maximum atomic E-state index is 12.9. The number of rotatable bonds is 6. The lowest BCUT2D eigenvalue weighted by Gasteiger charge is -2.34. The molecule has 0 bridgehead atoms. The molecule has 1 aliphatic rings. The van der Waals surface area contributed by atoms with Crippen molar-refractivity contribution in [1.29, 1.82) is 0 Å². The van der Waals surface area contributed by atoms with E-state index in [1.54, 1.807) is 7.11 Å². The van der Waals surface area contributed by atoms with Crippen molar-refractivity contribution in [3.63, 3.8) is 0 Å². The summed E-state index contributed by atoms with van der Waals surface area (Å²) in [6, 6.07) is 13.4. The van der Waals surface area contributed by atoms with Crippen LogP contribution >= 0.6 is 0 Å². The zero-order chi connectivity index (χ0) is 21.0. The molecule has 0 aromatic heterocycles. The third kappa shape index (κ3) is 5.14. The van der Waals surface area contributed by atoms with Gasteiger partial charge in [0.2, 0.25) is 10.0 Å². The van der Waals surface area contributed by atoms with Gasteiger partial charge < -0.3 is 14.8 Å². The van der Waals surface area contributed by atoms with Gasteiger partial charge in [-0.25, -0.2) is 8.42 Å². The van der Waals surface area contributed by atoms with Crippen LogP contribution < -0.4 is 10.1 Å². The van der Waals surface area contributed by atoms with Crippen molar-refractivity contribution in [3.05, 3.63) is 59.7 Å². The fraction of sp³-hybridized carbons (Fsp3) is 0.381. The lowest BCUT2D eigenvalue weighted by Crippen LogP contribution is -2.48. The van der Waals surface area contributed by atoms with E-state index in [1.807, 2.05) is 38.1 Å². The van der Waals surface area contributed by atoms with Gasteiger partial charge in [0.15, 0.2) is 0 Å². The third-order valence-corrected chi connectivity index (χ3v) is 6.60. The Morgan fingerprint density at radius 3 is 2.21 bits per heavy atom. The van der Waals surface area contributed by atoms with Gasteiger partial charge in [0.25, 0.3) is 5.91 Å². The van der Waals surface area contributed by atoms with E-state index in [-0.39, 0.29) is 23.0 Å². The minimum Gasteiger partial charge on any atom is -0.497 e. The summed E-state index contributed by atoms with van der Waals surface area (Å²) >= 11 is 0. The molecule has 0 spiro atoms. The van der Waals surface area contributed by atoms with Gasteiger partial charge in [0, 0.05) is 25.2 Å². The first kappa shape index (κ1) is 21.3. The number of carbonyl (C=O) groups excluding carboxylic acids is 1. The van der Waals surface area contributed by atoms with Crippen molar-refractivity contribution in [2.45, 2.75) is 37.5 Å². The molecule has 8 heteroatoms. The third-order valence-electron chi connectivity index (χ3n) is 4.75. The molecule has 0 aliphatic carbocycles. The quantitative estimate of drug-likeness (QED) is 0.779. The van der Waals surface area contributed by atoms with Crippen LogP contribution in [0.1, 0.15) is 29.8 Å². The summed E-state index contributed by atoms with van der Waals surface area (Å²) in [5.74, 6) is 0.485. The highest BCUT2D eigenvalue weighted by Crippen LogP contribution is 2.21. The summed E-state index contributed by atoms with van der Waals surface area (Å²) in [6.45, 7) is 4.71. The molecule has 2 aromatic rings. The molecule has 29 heavy (non-hydrogen) atoms. The second kappa shape index (κ2) is 8.94. The van der Waals surface area contributed by atoms with Crippen LogP contribution in [0.15, 0.2) is 53.4 Å². The first-order chi connectivity index (χ1) is 13.8. The van der Waals surface area contributed by atoms with Gasteiger partial charge in [-0.3, -0.25) is 4.79 Å². The van der Waals surface area contributed by atoms with Crippen LogP contribution in [0, 0.1) is 0 Å². The molecule has 7 nitrogen and oxygen atoms in total. The van der Waals surface area contributed by atoms with Crippen LogP contribution in [0.4, 0.5) is 0 Å². The Hall–Kier alpha value is -2.42. The van der Waals surface area contributed by atoms with Gasteiger partial charge in [-0.05, 0) is 55.8 Å². The minimum atomic E-state index is -3.62. The summed E-state index contributed by atoms with van der Waals surface area (Å²) < 4.78 is 37.9. The fourth-order valence-corrected chi connectivity index (χ4v) is 4.87. The van der Waals surface area contributed by atoms with Crippen molar-refractivity contribution >= 4 is 15.9 Å². The number of amides is 1. The predicted octanol–water partition coefficient (Wildman–Crippen LogP) is 2.42. The average molecular weight is 419 g/mol. The molecule has 1 amide bonds. The molecule has 0 saturated carbocycles. The van der Waals surface area contributed by atoms with Crippen molar-refractivity contribution in [1.82, 2.24) is 9.62 Å². The Kier molecular flexibility index (Phi) is 6.56. The van der Waals surface area contributed by atoms with Crippen LogP contribution in [0.2, 0.25) is 0 Å². The Morgan fingerprint density at radius 1 is 1.07 bits per heavy atom. The van der Waals surface area contributed by atoms with E-state index in [4.69, 9.17) is 9.47 Å². The number of nitrogens with zero attached hydrogens (tertiary/aromatic N) is 1. The van der Waals surface area contributed by atoms with E-state index in [0.29, 0.717) is 25.2 Å². The summed E-state index contributed by atoms with van der Waals surface area (Å²) in [6.07, 6.45) is -0.312.